The highest BCUT2D eigenvalue weighted by Gasteiger charge is 2.61. The highest BCUT2D eigenvalue weighted by Crippen LogP contribution is 2.63. The molecule has 0 saturated heterocycles. The average molecular weight is 740 g/mol. The van der Waals surface area contributed by atoms with Crippen molar-refractivity contribution in [1.82, 2.24) is 0 Å². The predicted molar refractivity (Wildman–Crippen MR) is 112 cm³/mol. The maximum absolute atomic E-state index is 12.2. The van der Waals surface area contributed by atoms with Crippen LogP contribution in [0.1, 0.15) is 0 Å². The maximum Gasteiger partial charge on any atom is 0.481 e. The molecule has 0 aromatic heterocycles. The molecule has 0 aliphatic heterocycles. The van der Waals surface area contributed by atoms with E-state index in [1.54, 1.807) is 0 Å². The molecule has 1 saturated carbocycles. The Morgan fingerprint density at radius 2 is 0.575 bits per heavy atom. The van der Waals surface area contributed by atoms with Gasteiger partial charge in [0, 0.05) is 0 Å². The van der Waals surface area contributed by atoms with Gasteiger partial charge in [0.15, 0.2) is 0 Å². The van der Waals surface area contributed by atoms with Crippen LogP contribution in [0.25, 0.3) is 0 Å². The average Bonchev–Trinajstić information content (AvgIpc) is 2.57. The van der Waals surface area contributed by atoms with Crippen molar-refractivity contribution in [2.24, 2.45) is 0 Å². The minimum Gasteiger partial charge on any atom is -0.387 e. The predicted octanol–water partition coefficient (Wildman–Crippen LogP) is -3.02. The summed E-state index contributed by atoms with van der Waals surface area (Å²) in [6.45, 7) is 0. The zero-order valence-electron chi connectivity index (χ0n) is 18.1. The maximum atomic E-state index is 12.2. The topological polar surface area (TPSA) is 447 Å². The summed E-state index contributed by atoms with van der Waals surface area (Å²) in [5.74, 6) is 0. The van der Waals surface area contributed by atoms with Gasteiger partial charge in [-0.3, -0.25) is 22.6 Å². The smallest absolute Gasteiger partial charge is 0.387 e. The molecule has 1 rings (SSSR count). The molecule has 0 radical (unpaired) electrons. The largest absolute Gasteiger partial charge is 0.481 e. The summed E-state index contributed by atoms with van der Waals surface area (Å²) < 4.78 is 108. The molecule has 40 heavy (non-hydrogen) atoms. The summed E-state index contributed by atoms with van der Waals surface area (Å²) >= 11 is 0. The van der Waals surface area contributed by atoms with Crippen LogP contribution in [-0.4, -0.2) is 100 Å². The molecule has 0 heterocycles. The molecule has 1 fully saturated rings. The van der Waals surface area contributed by atoms with Crippen LogP contribution >= 0.6 is 54.8 Å². The molecule has 240 valence electrons. The number of phosphoric acid groups is 7. The summed E-state index contributed by atoms with van der Waals surface area (Å²) in [5, 5.41) is 10.5. The van der Waals surface area contributed by atoms with Gasteiger partial charge in [-0.1, -0.05) is 0 Å². The van der Waals surface area contributed by atoms with Gasteiger partial charge in [0.1, 0.15) is 36.6 Å². The monoisotopic (exact) mass is 740 g/mol. The van der Waals surface area contributed by atoms with Crippen molar-refractivity contribution >= 4 is 54.8 Å². The summed E-state index contributed by atoms with van der Waals surface area (Å²) in [6, 6.07) is 0. The Kier molecular flexibility index (Phi) is 12.7. The molecule has 0 aromatic rings. The highest BCUT2D eigenvalue weighted by molar-refractivity contribution is 7.61. The van der Waals surface area contributed by atoms with E-state index < -0.39 is 91.4 Å². The van der Waals surface area contributed by atoms with E-state index in [1.165, 1.54) is 0 Å². The molecule has 2 unspecified atom stereocenters. The van der Waals surface area contributed by atoms with Crippen molar-refractivity contribution in [3.05, 3.63) is 0 Å². The van der Waals surface area contributed by atoms with Crippen LogP contribution in [0.3, 0.4) is 0 Å². The van der Waals surface area contributed by atoms with E-state index in [1.807, 2.05) is 0 Å². The van der Waals surface area contributed by atoms with Gasteiger partial charge in [-0.2, -0.15) is 8.62 Å². The van der Waals surface area contributed by atoms with Crippen molar-refractivity contribution in [2.75, 3.05) is 0 Å². The van der Waals surface area contributed by atoms with Crippen LogP contribution in [0, 0.1) is 0 Å². The molecule has 1 aliphatic carbocycles. The zero-order chi connectivity index (χ0) is 31.9. The molecule has 0 spiro atoms. The Morgan fingerprint density at radius 3 is 0.850 bits per heavy atom. The number of phosphoric ester groups is 5. The van der Waals surface area contributed by atoms with Crippen LogP contribution in [0.5, 0.6) is 0 Å². The fraction of sp³-hybridized carbons (Fsp3) is 1.00. The number of hydrogen-bond donors (Lipinski definition) is 13. The lowest BCUT2D eigenvalue weighted by Crippen LogP contribution is -2.66. The van der Waals surface area contributed by atoms with Gasteiger partial charge in [-0.25, -0.2) is 32.0 Å². The van der Waals surface area contributed by atoms with Gasteiger partial charge < -0.3 is 63.8 Å². The lowest BCUT2D eigenvalue weighted by Gasteiger charge is -2.47. The van der Waals surface area contributed by atoms with Crippen LogP contribution < -0.4 is 0 Å². The van der Waals surface area contributed by atoms with Gasteiger partial charge in [-0.05, 0) is 0 Å². The van der Waals surface area contributed by atoms with Crippen molar-refractivity contribution < 1.29 is 127 Å². The van der Waals surface area contributed by atoms with Crippen LogP contribution in [0.4, 0.5) is 0 Å². The number of aliphatic hydroxyl groups excluding tert-OH is 1. The highest BCUT2D eigenvalue weighted by atomic mass is 31.3. The lowest BCUT2D eigenvalue weighted by molar-refractivity contribution is -0.205. The first-order valence-electron chi connectivity index (χ1n) is 8.76. The van der Waals surface area contributed by atoms with E-state index in [0.717, 1.165) is 0 Å². The van der Waals surface area contributed by atoms with Gasteiger partial charge in [0.2, 0.25) is 0 Å². The fourth-order valence-electron chi connectivity index (χ4n) is 2.83. The van der Waals surface area contributed by atoms with E-state index in [4.69, 9.17) is 29.4 Å². The zero-order valence-corrected chi connectivity index (χ0v) is 24.4. The molecular formula is C6H19O27P7. The van der Waals surface area contributed by atoms with Crippen molar-refractivity contribution in [3.8, 4) is 0 Å². The Balaban J connectivity index is 3.95. The molecule has 8 atom stereocenters. The fourth-order valence-corrected chi connectivity index (χ4v) is 8.07. The van der Waals surface area contributed by atoms with Gasteiger partial charge in [-0.15, -0.1) is 0 Å². The van der Waals surface area contributed by atoms with Crippen LogP contribution in [-0.2, 0) is 63.2 Å². The second-order valence-electron chi connectivity index (χ2n) is 6.89. The van der Waals surface area contributed by atoms with E-state index in [2.05, 4.69) is 31.2 Å². The van der Waals surface area contributed by atoms with Gasteiger partial charge in [0.25, 0.3) is 0 Å². The minimum absolute atomic E-state index is 3.16. The van der Waals surface area contributed by atoms with E-state index in [9.17, 15) is 66.4 Å². The number of aliphatic hydroxyl groups is 1. The summed E-state index contributed by atoms with van der Waals surface area (Å²) in [6.07, 6.45) is -19.5. The molecule has 34 heteroatoms. The molecule has 1 aliphatic rings. The van der Waals surface area contributed by atoms with E-state index in [-0.39, 0.29) is 0 Å². The van der Waals surface area contributed by atoms with Crippen LogP contribution in [0.2, 0.25) is 0 Å². The molecule has 13 N–H and O–H groups in total. The summed E-state index contributed by atoms with van der Waals surface area (Å²) in [5.41, 5.74) is 0. The quantitative estimate of drug-likeness (QED) is 0.0788. The molecular weight excluding hydrogens is 721 g/mol. The van der Waals surface area contributed by atoms with Crippen molar-refractivity contribution in [3.63, 3.8) is 0 Å². The first-order valence-corrected chi connectivity index (χ1v) is 19.4. The second-order valence-corrected chi connectivity index (χ2v) is 16.0. The third kappa shape index (κ3) is 14.5. The SMILES string of the molecule is O=P(O)(O)O[C@@H]1[C@@H](OP(=O)(O)OP(=O)(O)O)[C@H](OP(=O)(O)O)[C@H](OP(=O)(O)OP(=O)(O)O)[C@H](O)[C@H]1OP(=O)(O)O. The van der Waals surface area contributed by atoms with Crippen molar-refractivity contribution in [2.45, 2.75) is 36.6 Å². The lowest BCUT2D eigenvalue weighted by atomic mass is 9.85. The Bertz CT molecular complexity index is 1230. The Hall–Kier alpha value is 0.810. The van der Waals surface area contributed by atoms with Crippen molar-refractivity contribution in [1.29, 1.82) is 0 Å². The second kappa shape index (κ2) is 13.0. The first kappa shape index (κ1) is 38.8. The normalized spacial score (nSPS) is 30.4. The molecule has 27 nitrogen and oxygen atoms in total. The first-order chi connectivity index (χ1) is 17.3. The molecule has 0 aromatic carbocycles. The van der Waals surface area contributed by atoms with Gasteiger partial charge >= 0.3 is 54.8 Å². The van der Waals surface area contributed by atoms with Gasteiger partial charge in [0.05, 0.1) is 0 Å². The molecule has 0 bridgehead atoms. The van der Waals surface area contributed by atoms with E-state index in [0.29, 0.717) is 0 Å². The summed E-state index contributed by atoms with van der Waals surface area (Å²) in [4.78, 5) is 109. The Morgan fingerprint density at radius 1 is 0.350 bits per heavy atom. The summed E-state index contributed by atoms with van der Waals surface area (Å²) in [7, 11) is -43.0. The third-order valence-corrected chi connectivity index (χ3v) is 9.60. The van der Waals surface area contributed by atoms with Crippen LogP contribution in [0.15, 0.2) is 0 Å². The third-order valence-electron chi connectivity index (χ3n) is 3.67. The number of rotatable bonds is 14. The minimum atomic E-state index is -6.40. The Labute approximate surface area is 219 Å². The standard InChI is InChI=1S/C6H19O27P7/c7-1-2(27-34(8,9)10)4(28-35(11,12)13)6(31-40(25,26)33-38(20,21)22)5(29-36(14,15)16)3(1)30-39(23,24)32-37(17,18)19/h1-7H,(H,23,24)(H,25,26)(H2,8,9,10)(H2,11,12,13)(H2,14,15,16)(H2,17,18,19)(H2,20,21,22)/t1-,2-,3-,4+,5-,6-/m1/s1. The number of hydrogen-bond acceptors (Lipinski definition) is 15. The molecule has 0 amide bonds. The van der Waals surface area contributed by atoms with E-state index >= 15 is 0 Å².